The Morgan fingerprint density at radius 3 is 2.39 bits per heavy atom. The van der Waals surface area contributed by atoms with Crippen LogP contribution in [0, 0.1) is 11.8 Å². The van der Waals surface area contributed by atoms with Crippen LogP contribution in [0.4, 0.5) is 0 Å². The number of thioether (sulfide) groups is 1. The van der Waals surface area contributed by atoms with Crippen LogP contribution < -0.4 is 0 Å². The van der Waals surface area contributed by atoms with E-state index in [-0.39, 0.29) is 11.1 Å². The molecule has 1 heterocycles. The van der Waals surface area contributed by atoms with Crippen molar-refractivity contribution >= 4 is 22.8 Å². The Bertz CT molecular complexity index is 571. The van der Waals surface area contributed by atoms with Crippen LogP contribution in [0.1, 0.15) is 105 Å². The van der Waals surface area contributed by atoms with Crippen LogP contribution in [-0.4, -0.2) is 42.4 Å². The third kappa shape index (κ3) is 12.4. The number of hydrogen-bond donors (Lipinski definition) is 0. The number of rotatable bonds is 18. The zero-order chi connectivity index (χ0) is 24.5. The summed E-state index contributed by atoms with van der Waals surface area (Å²) in [5.41, 5.74) is 0. The van der Waals surface area contributed by atoms with E-state index in [9.17, 15) is 9.59 Å². The van der Waals surface area contributed by atoms with Gasteiger partial charge in [0.25, 0.3) is 0 Å². The molecule has 0 N–H and O–H groups in total. The van der Waals surface area contributed by atoms with Crippen molar-refractivity contribution in [3.8, 4) is 0 Å². The van der Waals surface area contributed by atoms with E-state index in [1.54, 1.807) is 6.92 Å². The summed E-state index contributed by atoms with van der Waals surface area (Å²) >= 11 is 1.51. The van der Waals surface area contributed by atoms with Crippen LogP contribution in [-0.2, 0) is 23.8 Å². The molecule has 3 atom stereocenters. The molecule has 0 spiro atoms. The molecule has 0 aliphatic carbocycles. The normalized spacial score (nSPS) is 18.3. The Labute approximate surface area is 206 Å². The highest BCUT2D eigenvalue weighted by Crippen LogP contribution is 2.39. The topological polar surface area (TPSA) is 61.8 Å². The maximum absolute atomic E-state index is 11.9. The monoisotopic (exact) mass is 484 g/mol. The van der Waals surface area contributed by atoms with Crippen LogP contribution in [0.15, 0.2) is 12.2 Å². The number of ether oxygens (including phenoxy) is 3. The van der Waals surface area contributed by atoms with E-state index in [2.05, 4.69) is 37.7 Å². The van der Waals surface area contributed by atoms with E-state index >= 15 is 0 Å². The quantitative estimate of drug-likeness (QED) is 0.118. The molecule has 5 nitrogen and oxygen atoms in total. The lowest BCUT2D eigenvalue weighted by Gasteiger charge is -2.34. The summed E-state index contributed by atoms with van der Waals surface area (Å²) in [6, 6.07) is 0. The number of hydrogen-bond acceptors (Lipinski definition) is 6. The van der Waals surface area contributed by atoms with Crippen LogP contribution in [0.25, 0.3) is 0 Å². The minimum atomic E-state index is -0.429. The fourth-order valence-electron chi connectivity index (χ4n) is 4.70. The van der Waals surface area contributed by atoms with Crippen LogP contribution in [0.5, 0.6) is 0 Å². The first-order valence-corrected chi connectivity index (χ1v) is 13.9. The molecule has 1 saturated heterocycles. The Morgan fingerprint density at radius 2 is 1.79 bits per heavy atom. The Morgan fingerprint density at radius 1 is 1.06 bits per heavy atom. The van der Waals surface area contributed by atoms with Crippen LogP contribution in [0.3, 0.4) is 0 Å². The van der Waals surface area contributed by atoms with E-state index in [0.29, 0.717) is 36.7 Å². The molecule has 0 amide bonds. The molecule has 0 aromatic rings. The van der Waals surface area contributed by atoms with Gasteiger partial charge in [-0.15, -0.1) is 0 Å². The van der Waals surface area contributed by atoms with E-state index < -0.39 is 5.79 Å². The lowest BCUT2D eigenvalue weighted by atomic mass is 9.82. The lowest BCUT2D eigenvalue weighted by molar-refractivity contribution is -0.170. The third-order valence-electron chi connectivity index (χ3n) is 6.67. The number of unbranched alkanes of at least 4 members (excludes halogenated alkanes) is 4. The van der Waals surface area contributed by atoms with Gasteiger partial charge in [0.05, 0.1) is 20.3 Å². The van der Waals surface area contributed by atoms with Crippen molar-refractivity contribution < 1.29 is 23.8 Å². The van der Waals surface area contributed by atoms with Gasteiger partial charge in [-0.3, -0.25) is 9.59 Å². The Balaban J connectivity index is 2.67. The molecule has 0 bridgehead atoms. The molecule has 0 saturated carbocycles. The first-order valence-electron chi connectivity index (χ1n) is 13.0. The second-order valence-electron chi connectivity index (χ2n) is 9.33. The summed E-state index contributed by atoms with van der Waals surface area (Å²) in [5, 5.41) is 0.520. The largest absolute Gasteiger partial charge is 0.469 e. The molecular formula is C27H48O5S. The third-order valence-corrected chi connectivity index (χ3v) is 7.98. The molecular weight excluding hydrogens is 436 g/mol. The van der Waals surface area contributed by atoms with Crippen molar-refractivity contribution in [3.05, 3.63) is 12.2 Å². The molecule has 1 fully saturated rings. The number of carbonyl (C=O) groups is 2. The SMILES string of the molecule is CCCCCC1(CC[C@H](C(C)C/C=C\CCCCC(=O)OC)[C@@H](CC)SC(C)=O)OCCO1. The van der Waals surface area contributed by atoms with Gasteiger partial charge >= 0.3 is 5.97 Å². The van der Waals surface area contributed by atoms with E-state index in [0.717, 1.165) is 57.8 Å². The number of allylic oxidation sites excluding steroid dienone is 2. The number of methoxy groups -OCH3 is 1. The van der Waals surface area contributed by atoms with Crippen LogP contribution in [0.2, 0.25) is 0 Å². The fourth-order valence-corrected chi connectivity index (χ4v) is 5.87. The lowest BCUT2D eigenvalue weighted by Crippen LogP contribution is -2.33. The molecule has 1 unspecified atom stereocenters. The van der Waals surface area contributed by atoms with Gasteiger partial charge < -0.3 is 14.2 Å². The minimum absolute atomic E-state index is 0.133. The first kappa shape index (κ1) is 30.2. The fraction of sp³-hybridized carbons (Fsp3) is 0.852. The summed E-state index contributed by atoms with van der Waals surface area (Å²) < 4.78 is 16.9. The van der Waals surface area contributed by atoms with E-state index in [1.807, 2.05) is 0 Å². The average Bonchev–Trinajstić information content (AvgIpc) is 3.26. The highest BCUT2D eigenvalue weighted by Gasteiger charge is 2.38. The van der Waals surface area contributed by atoms with Crippen molar-refractivity contribution in [3.63, 3.8) is 0 Å². The standard InChI is InChI=1S/C27H48O5S/c1-6-8-14-18-27(31-20-21-32-27)19-17-24(25(7-2)33-23(4)28)22(3)15-12-10-9-11-13-16-26(29)30-5/h10,12,22,24-25H,6-9,11,13-21H2,1-5H3/b12-10-/t22?,24-,25-/m1/s1. The van der Waals surface area contributed by atoms with Gasteiger partial charge in [0, 0.05) is 31.4 Å². The summed E-state index contributed by atoms with van der Waals surface area (Å²) in [7, 11) is 1.44. The molecule has 6 heteroatoms. The molecule has 0 aromatic heterocycles. The second kappa shape index (κ2) is 17.6. The molecule has 0 radical (unpaired) electrons. The predicted molar refractivity (Wildman–Crippen MR) is 137 cm³/mol. The maximum Gasteiger partial charge on any atom is 0.305 e. The minimum Gasteiger partial charge on any atom is -0.469 e. The zero-order valence-electron chi connectivity index (χ0n) is 21.7. The zero-order valence-corrected chi connectivity index (χ0v) is 22.6. The van der Waals surface area contributed by atoms with E-state index in [1.165, 1.54) is 31.7 Å². The molecule has 1 rings (SSSR count). The average molecular weight is 485 g/mol. The number of carbonyl (C=O) groups excluding carboxylic acids is 2. The van der Waals surface area contributed by atoms with Gasteiger partial charge in [-0.1, -0.05) is 57.5 Å². The van der Waals surface area contributed by atoms with Crippen LogP contribution >= 0.6 is 11.8 Å². The first-order chi connectivity index (χ1) is 15.9. The van der Waals surface area contributed by atoms with E-state index in [4.69, 9.17) is 9.47 Å². The van der Waals surface area contributed by atoms with Crippen molar-refractivity contribution in [1.29, 1.82) is 0 Å². The molecule has 192 valence electrons. The van der Waals surface area contributed by atoms with Gasteiger partial charge in [0.2, 0.25) is 0 Å². The van der Waals surface area contributed by atoms with Gasteiger partial charge in [0.1, 0.15) is 0 Å². The smallest absolute Gasteiger partial charge is 0.305 e. The molecule has 0 aromatic carbocycles. The van der Waals surface area contributed by atoms with Crippen molar-refractivity contribution in [2.45, 2.75) is 116 Å². The maximum atomic E-state index is 11.9. The van der Waals surface area contributed by atoms with Gasteiger partial charge in [-0.05, 0) is 56.8 Å². The van der Waals surface area contributed by atoms with Crippen molar-refractivity contribution in [2.75, 3.05) is 20.3 Å². The summed E-state index contributed by atoms with van der Waals surface area (Å²) in [6.45, 7) is 9.78. The van der Waals surface area contributed by atoms with Crippen molar-refractivity contribution in [2.24, 2.45) is 11.8 Å². The second-order valence-corrected chi connectivity index (χ2v) is 10.7. The highest BCUT2D eigenvalue weighted by atomic mass is 32.2. The summed E-state index contributed by atoms with van der Waals surface area (Å²) in [5.74, 6) is 0.347. The van der Waals surface area contributed by atoms with Gasteiger partial charge in [0.15, 0.2) is 10.9 Å². The predicted octanol–water partition coefficient (Wildman–Crippen LogP) is 7.08. The van der Waals surface area contributed by atoms with Gasteiger partial charge in [-0.2, -0.15) is 0 Å². The molecule has 33 heavy (non-hydrogen) atoms. The van der Waals surface area contributed by atoms with Gasteiger partial charge in [-0.25, -0.2) is 0 Å². The summed E-state index contributed by atoms with van der Waals surface area (Å²) in [4.78, 5) is 23.1. The van der Waals surface area contributed by atoms with Crippen molar-refractivity contribution in [1.82, 2.24) is 0 Å². The Hall–Kier alpha value is -0.850. The highest BCUT2D eigenvalue weighted by molar-refractivity contribution is 8.14. The molecule has 1 aliphatic heterocycles. The Kier molecular flexibility index (Phi) is 16.1. The summed E-state index contributed by atoms with van der Waals surface area (Å²) in [6.07, 6.45) is 16.2. The molecule has 1 aliphatic rings. The number of esters is 1.